The van der Waals surface area contributed by atoms with Gasteiger partial charge in [0.05, 0.1) is 0 Å². The van der Waals surface area contributed by atoms with Crippen LogP contribution in [-0.2, 0) is 0 Å². The van der Waals surface area contributed by atoms with Crippen molar-refractivity contribution < 1.29 is 4.39 Å². The SMILES string of the molecule is CCCCCC1C=CC(c2ccc(C3CCC(CCCCC)CC3)cc2F)CC1. The third kappa shape index (κ3) is 6.69. The van der Waals surface area contributed by atoms with Crippen molar-refractivity contribution in [2.75, 3.05) is 0 Å². The van der Waals surface area contributed by atoms with Crippen molar-refractivity contribution in [1.29, 1.82) is 0 Å². The Kier molecular flexibility index (Phi) is 9.28. The first-order valence-electron chi connectivity index (χ1n) is 12.7. The number of benzene rings is 1. The van der Waals surface area contributed by atoms with E-state index in [2.05, 4.69) is 38.1 Å². The second kappa shape index (κ2) is 11.9. The molecule has 0 amide bonds. The molecule has 0 aliphatic heterocycles. The van der Waals surface area contributed by atoms with Crippen molar-refractivity contribution in [1.82, 2.24) is 0 Å². The molecule has 2 aliphatic rings. The minimum Gasteiger partial charge on any atom is -0.207 e. The highest BCUT2D eigenvalue weighted by atomic mass is 19.1. The number of hydrogen-bond donors (Lipinski definition) is 0. The van der Waals surface area contributed by atoms with Crippen LogP contribution in [0.3, 0.4) is 0 Å². The van der Waals surface area contributed by atoms with Gasteiger partial charge in [-0.3, -0.25) is 0 Å². The fourth-order valence-corrected chi connectivity index (χ4v) is 5.60. The van der Waals surface area contributed by atoms with Crippen molar-refractivity contribution in [2.45, 2.75) is 116 Å². The molecule has 0 aromatic heterocycles. The fraction of sp³-hybridized carbons (Fsp3) is 0.714. The normalized spacial score (nSPS) is 27.3. The molecule has 1 heteroatoms. The van der Waals surface area contributed by atoms with E-state index in [0.717, 1.165) is 17.9 Å². The highest BCUT2D eigenvalue weighted by Crippen LogP contribution is 2.39. The minimum atomic E-state index is 0.0339. The predicted octanol–water partition coefficient (Wildman–Crippen LogP) is 9.31. The molecule has 0 nitrogen and oxygen atoms in total. The number of unbranched alkanes of at least 4 members (excludes halogenated alkanes) is 4. The minimum absolute atomic E-state index is 0.0339. The summed E-state index contributed by atoms with van der Waals surface area (Å²) in [5.74, 6) is 2.52. The average Bonchev–Trinajstić information content (AvgIpc) is 2.75. The zero-order chi connectivity index (χ0) is 20.5. The van der Waals surface area contributed by atoms with Gasteiger partial charge in [0.15, 0.2) is 0 Å². The maximum atomic E-state index is 15.0. The third-order valence-corrected chi connectivity index (χ3v) is 7.60. The number of hydrogen-bond acceptors (Lipinski definition) is 0. The molecule has 29 heavy (non-hydrogen) atoms. The van der Waals surface area contributed by atoms with E-state index in [1.165, 1.54) is 89.0 Å². The first-order valence-corrected chi connectivity index (χ1v) is 12.7. The molecule has 3 rings (SSSR count). The van der Waals surface area contributed by atoms with E-state index in [1.807, 2.05) is 6.07 Å². The first-order chi connectivity index (χ1) is 14.2. The van der Waals surface area contributed by atoms with Gasteiger partial charge in [0.1, 0.15) is 5.82 Å². The summed E-state index contributed by atoms with van der Waals surface area (Å²) in [6.07, 6.45) is 22.9. The summed E-state index contributed by atoms with van der Waals surface area (Å²) in [5.41, 5.74) is 2.17. The van der Waals surface area contributed by atoms with Crippen molar-refractivity contribution in [3.63, 3.8) is 0 Å². The highest BCUT2D eigenvalue weighted by molar-refractivity contribution is 5.32. The summed E-state index contributed by atoms with van der Waals surface area (Å²) < 4.78 is 15.0. The summed E-state index contributed by atoms with van der Waals surface area (Å²) in [4.78, 5) is 0. The molecule has 162 valence electrons. The van der Waals surface area contributed by atoms with Crippen molar-refractivity contribution in [2.24, 2.45) is 11.8 Å². The maximum Gasteiger partial charge on any atom is 0.127 e. The average molecular weight is 399 g/mol. The lowest BCUT2D eigenvalue weighted by molar-refractivity contribution is 0.302. The Bertz CT molecular complexity index is 623. The van der Waals surface area contributed by atoms with Crippen molar-refractivity contribution in [3.8, 4) is 0 Å². The molecule has 0 bridgehead atoms. The first kappa shape index (κ1) is 22.6. The van der Waals surface area contributed by atoms with Gasteiger partial charge in [-0.1, -0.05) is 83.1 Å². The van der Waals surface area contributed by atoms with Crippen molar-refractivity contribution in [3.05, 3.63) is 47.3 Å². The molecule has 0 radical (unpaired) electrons. The number of halogens is 1. The maximum absolute atomic E-state index is 15.0. The zero-order valence-electron chi connectivity index (χ0n) is 19.0. The van der Waals surface area contributed by atoms with E-state index >= 15 is 0 Å². The van der Waals surface area contributed by atoms with Crippen LogP contribution in [0.15, 0.2) is 30.4 Å². The van der Waals surface area contributed by atoms with Crippen LogP contribution in [0, 0.1) is 17.7 Å². The molecule has 1 aromatic carbocycles. The van der Waals surface area contributed by atoms with E-state index in [0.29, 0.717) is 11.8 Å². The smallest absolute Gasteiger partial charge is 0.127 e. The molecule has 1 aromatic rings. The van der Waals surface area contributed by atoms with E-state index in [4.69, 9.17) is 0 Å². The van der Waals surface area contributed by atoms with Crippen LogP contribution < -0.4 is 0 Å². The summed E-state index contributed by atoms with van der Waals surface area (Å²) in [7, 11) is 0. The molecule has 0 N–H and O–H groups in total. The number of allylic oxidation sites excluding steroid dienone is 2. The van der Waals surface area contributed by atoms with Gasteiger partial charge >= 0.3 is 0 Å². The Morgan fingerprint density at radius 3 is 2.14 bits per heavy atom. The van der Waals surface area contributed by atoms with Gasteiger partial charge < -0.3 is 0 Å². The van der Waals surface area contributed by atoms with Gasteiger partial charge in [-0.25, -0.2) is 4.39 Å². The second-order valence-corrected chi connectivity index (χ2v) is 9.82. The van der Waals surface area contributed by atoms with Crippen LogP contribution in [-0.4, -0.2) is 0 Å². The molecule has 0 spiro atoms. The lowest BCUT2D eigenvalue weighted by Crippen LogP contribution is -2.14. The standard InChI is InChI=1S/C28H43F/c1-3-5-7-9-22-11-15-24(16-12-22)26-19-20-27(28(29)21-26)25-17-13-23(14-18-25)10-8-6-4-2/h13,17,19-25H,3-12,14-16,18H2,1-2H3. The molecule has 0 heterocycles. The molecule has 2 aliphatic carbocycles. The molecule has 1 fully saturated rings. The lowest BCUT2D eigenvalue weighted by atomic mass is 9.76. The van der Waals surface area contributed by atoms with Crippen molar-refractivity contribution >= 4 is 0 Å². The van der Waals surface area contributed by atoms with Crippen LogP contribution >= 0.6 is 0 Å². The molecule has 2 unspecified atom stereocenters. The highest BCUT2D eigenvalue weighted by Gasteiger charge is 2.24. The van der Waals surface area contributed by atoms with Crippen LogP contribution in [0.2, 0.25) is 0 Å². The van der Waals surface area contributed by atoms with E-state index in [1.54, 1.807) is 0 Å². The molecule has 1 saturated carbocycles. The summed E-state index contributed by atoms with van der Waals surface area (Å²) >= 11 is 0. The monoisotopic (exact) mass is 398 g/mol. The van der Waals surface area contributed by atoms with Gasteiger partial charge in [-0.15, -0.1) is 0 Å². The second-order valence-electron chi connectivity index (χ2n) is 9.82. The van der Waals surface area contributed by atoms with Gasteiger partial charge in [-0.05, 0) is 79.9 Å². The van der Waals surface area contributed by atoms with E-state index < -0.39 is 0 Å². The Labute approximate surface area is 179 Å². The Hall–Kier alpha value is -1.11. The van der Waals surface area contributed by atoms with Gasteiger partial charge in [0.25, 0.3) is 0 Å². The van der Waals surface area contributed by atoms with Crippen LogP contribution in [0.25, 0.3) is 0 Å². The molecule has 2 atom stereocenters. The molecular formula is C28H43F. The third-order valence-electron chi connectivity index (χ3n) is 7.60. The van der Waals surface area contributed by atoms with E-state index in [-0.39, 0.29) is 11.7 Å². The summed E-state index contributed by atoms with van der Waals surface area (Å²) in [6, 6.07) is 6.21. The fourth-order valence-electron chi connectivity index (χ4n) is 5.60. The van der Waals surface area contributed by atoms with Crippen LogP contribution in [0.1, 0.15) is 127 Å². The van der Waals surface area contributed by atoms with Gasteiger partial charge in [-0.2, -0.15) is 0 Å². The van der Waals surface area contributed by atoms with Gasteiger partial charge in [0, 0.05) is 5.92 Å². The topological polar surface area (TPSA) is 0 Å². The van der Waals surface area contributed by atoms with Crippen LogP contribution in [0.4, 0.5) is 4.39 Å². The summed E-state index contributed by atoms with van der Waals surface area (Å²) in [5, 5.41) is 0. The number of rotatable bonds is 10. The molecular weight excluding hydrogens is 355 g/mol. The lowest BCUT2D eigenvalue weighted by Gasteiger charge is -2.29. The predicted molar refractivity (Wildman–Crippen MR) is 124 cm³/mol. The van der Waals surface area contributed by atoms with Crippen LogP contribution in [0.5, 0.6) is 0 Å². The quantitative estimate of drug-likeness (QED) is 0.272. The van der Waals surface area contributed by atoms with Gasteiger partial charge in [0.2, 0.25) is 0 Å². The Morgan fingerprint density at radius 1 is 0.793 bits per heavy atom. The zero-order valence-corrected chi connectivity index (χ0v) is 19.0. The van der Waals surface area contributed by atoms with E-state index in [9.17, 15) is 4.39 Å². The largest absolute Gasteiger partial charge is 0.207 e. The Morgan fingerprint density at radius 2 is 1.52 bits per heavy atom. The Balaban J connectivity index is 1.51. The molecule has 0 saturated heterocycles. The summed E-state index contributed by atoms with van der Waals surface area (Å²) in [6.45, 7) is 4.54.